The van der Waals surface area contributed by atoms with Gasteiger partial charge < -0.3 is 4.98 Å². The largest absolute Gasteiger partial charge is 0.416 e. The second kappa shape index (κ2) is 7.78. The Kier molecular flexibility index (Phi) is 5.31. The molecule has 1 N–H and O–H groups in total. The van der Waals surface area contributed by atoms with Crippen LogP contribution in [0.2, 0.25) is 0 Å². The first kappa shape index (κ1) is 20.5. The minimum absolute atomic E-state index is 0.321. The molecule has 156 valence electrons. The fourth-order valence-corrected chi connectivity index (χ4v) is 3.54. The van der Waals surface area contributed by atoms with Gasteiger partial charge in [0.25, 0.3) is 0 Å². The minimum atomic E-state index is -4.37. The molecule has 0 amide bonds. The van der Waals surface area contributed by atoms with Gasteiger partial charge in [-0.25, -0.2) is 0 Å². The molecule has 1 saturated carbocycles. The summed E-state index contributed by atoms with van der Waals surface area (Å²) in [5.41, 5.74) is 4.24. The summed E-state index contributed by atoms with van der Waals surface area (Å²) in [6.07, 6.45) is 6.80. The van der Waals surface area contributed by atoms with E-state index in [1.165, 1.54) is 6.07 Å². The molecule has 0 bridgehead atoms. The zero-order chi connectivity index (χ0) is 21.5. The van der Waals surface area contributed by atoms with Crippen LogP contribution in [0.5, 0.6) is 0 Å². The first-order valence-corrected chi connectivity index (χ1v) is 10.2. The second-order valence-electron chi connectivity index (χ2n) is 8.26. The Balaban J connectivity index is 1.82. The molecular formula is C25H25F3N2. The van der Waals surface area contributed by atoms with Crippen molar-refractivity contribution in [2.75, 3.05) is 0 Å². The smallest absolute Gasteiger partial charge is 0.347 e. The van der Waals surface area contributed by atoms with Gasteiger partial charge in [0.1, 0.15) is 5.49 Å². The van der Waals surface area contributed by atoms with Crippen molar-refractivity contribution < 1.29 is 13.2 Å². The number of allylic oxidation sites excluding steroid dienone is 6. The van der Waals surface area contributed by atoms with Gasteiger partial charge in [-0.15, -0.1) is 0 Å². The van der Waals surface area contributed by atoms with Gasteiger partial charge in [0.15, 0.2) is 0 Å². The number of hydrogen-bond acceptors (Lipinski definition) is 1. The number of alkyl halides is 3. The molecule has 5 heteroatoms. The van der Waals surface area contributed by atoms with E-state index in [2.05, 4.69) is 30.1 Å². The second-order valence-corrected chi connectivity index (χ2v) is 8.26. The van der Waals surface area contributed by atoms with E-state index in [1.54, 1.807) is 6.07 Å². The Hall–Kier alpha value is -2.82. The van der Waals surface area contributed by atoms with Crippen molar-refractivity contribution in [2.24, 2.45) is 16.8 Å². The predicted octanol–water partition coefficient (Wildman–Crippen LogP) is 6.32. The number of pyridine rings is 1. The number of halogens is 3. The lowest BCUT2D eigenvalue weighted by molar-refractivity contribution is -0.137. The topological polar surface area (TPSA) is 28.1 Å². The van der Waals surface area contributed by atoms with Gasteiger partial charge in [0.05, 0.1) is 11.6 Å². The molecule has 0 spiro atoms. The predicted molar refractivity (Wildman–Crippen MR) is 114 cm³/mol. The summed E-state index contributed by atoms with van der Waals surface area (Å²) < 4.78 is 39.9. The van der Waals surface area contributed by atoms with E-state index in [0.29, 0.717) is 23.4 Å². The molecule has 2 aliphatic rings. The molecule has 4 rings (SSSR count). The first-order valence-electron chi connectivity index (χ1n) is 10.2. The molecule has 2 atom stereocenters. The van der Waals surface area contributed by atoms with Gasteiger partial charge in [-0.1, -0.05) is 37.3 Å². The van der Waals surface area contributed by atoms with Gasteiger partial charge in [0.2, 0.25) is 0 Å². The molecule has 1 fully saturated rings. The molecular weight excluding hydrogens is 385 g/mol. The lowest BCUT2D eigenvalue weighted by atomic mass is 9.91. The molecule has 1 aromatic carbocycles. The number of H-pyrrole nitrogens is 1. The Morgan fingerprint density at radius 1 is 1.17 bits per heavy atom. The Morgan fingerprint density at radius 3 is 2.53 bits per heavy atom. The minimum Gasteiger partial charge on any atom is -0.347 e. The van der Waals surface area contributed by atoms with Crippen molar-refractivity contribution in [3.63, 3.8) is 0 Å². The maximum absolute atomic E-state index is 13.3. The highest BCUT2D eigenvalue weighted by Crippen LogP contribution is 2.35. The van der Waals surface area contributed by atoms with Crippen molar-refractivity contribution in [3.8, 4) is 0 Å². The summed E-state index contributed by atoms with van der Waals surface area (Å²) >= 11 is 0. The number of aromatic amines is 1. The van der Waals surface area contributed by atoms with Crippen LogP contribution in [0.25, 0.3) is 11.1 Å². The van der Waals surface area contributed by atoms with Crippen LogP contribution >= 0.6 is 0 Å². The Labute approximate surface area is 174 Å². The van der Waals surface area contributed by atoms with Gasteiger partial charge >= 0.3 is 6.18 Å². The Morgan fingerprint density at radius 2 is 1.90 bits per heavy atom. The van der Waals surface area contributed by atoms with E-state index < -0.39 is 11.7 Å². The van der Waals surface area contributed by atoms with Gasteiger partial charge in [0, 0.05) is 12.1 Å². The summed E-state index contributed by atoms with van der Waals surface area (Å²) in [4.78, 5) is 7.91. The summed E-state index contributed by atoms with van der Waals surface area (Å²) in [5, 5.41) is 0. The number of benzene rings is 1. The standard InChI is InChI=1S/C25H25F3N2/c1-15-4-8-20(25(26,27)28)14-22(15)17(3)21(9-7-18-5-6-18)19-10-11-29-24(13-19)30-23-12-16(23)2/h4-11,13-14,16,18,23H,12H2,1-3H3,(H,29,30)/b9-7-,21-17-/t16-,23?/m0/s1. The summed E-state index contributed by atoms with van der Waals surface area (Å²) in [6, 6.07) is 8.21. The van der Waals surface area contributed by atoms with Crippen molar-refractivity contribution in [1.82, 2.24) is 4.98 Å². The third-order valence-corrected chi connectivity index (χ3v) is 5.74. The summed E-state index contributed by atoms with van der Waals surface area (Å²) in [6.45, 7) is 5.91. The van der Waals surface area contributed by atoms with Crippen molar-refractivity contribution >= 4 is 11.1 Å². The first-order chi connectivity index (χ1) is 14.2. The van der Waals surface area contributed by atoms with Crippen molar-refractivity contribution in [3.05, 3.63) is 88.6 Å². The van der Waals surface area contributed by atoms with E-state index in [4.69, 9.17) is 4.99 Å². The molecule has 1 unspecified atom stereocenters. The highest BCUT2D eigenvalue weighted by Gasteiger charge is 2.32. The van der Waals surface area contributed by atoms with E-state index in [0.717, 1.165) is 40.2 Å². The number of aryl methyl sites for hydroxylation is 1. The fraction of sp³-hybridized carbons (Fsp3) is 0.320. The van der Waals surface area contributed by atoms with Crippen LogP contribution in [-0.2, 0) is 6.18 Å². The van der Waals surface area contributed by atoms with Gasteiger partial charge in [-0.2, -0.15) is 13.2 Å². The maximum atomic E-state index is 13.3. The van der Waals surface area contributed by atoms with Crippen LogP contribution in [0.3, 0.4) is 0 Å². The zero-order valence-electron chi connectivity index (χ0n) is 17.3. The molecule has 30 heavy (non-hydrogen) atoms. The van der Waals surface area contributed by atoms with Crippen LogP contribution in [0.4, 0.5) is 13.2 Å². The monoisotopic (exact) mass is 410 g/mol. The van der Waals surface area contributed by atoms with Crippen LogP contribution in [0.15, 0.2) is 65.8 Å². The van der Waals surface area contributed by atoms with Crippen LogP contribution < -0.4 is 5.49 Å². The third-order valence-electron chi connectivity index (χ3n) is 5.74. The number of hydrogen-bond donors (Lipinski definition) is 1. The van der Waals surface area contributed by atoms with Gasteiger partial charge in [-0.3, -0.25) is 4.99 Å². The highest BCUT2D eigenvalue weighted by molar-refractivity contribution is 5.95. The summed E-state index contributed by atoms with van der Waals surface area (Å²) in [5.74, 6) is 0.926. The average Bonchev–Trinajstić information content (AvgIpc) is 3.61. The van der Waals surface area contributed by atoms with E-state index in [9.17, 15) is 13.2 Å². The number of rotatable bonds is 5. The van der Waals surface area contributed by atoms with Crippen molar-refractivity contribution in [2.45, 2.75) is 39.4 Å². The zero-order valence-corrected chi connectivity index (χ0v) is 17.3. The SMILES string of the molecule is C/C(=C(\C=C/C1C=C1)c1cc[nH]/c(=N\C2C[C@@H]2C)c1)c1cc(C(F)(F)F)ccc1C. The number of nitrogens with one attached hydrogen (secondary N) is 1. The van der Waals surface area contributed by atoms with Gasteiger partial charge in [-0.05, 0) is 78.3 Å². The van der Waals surface area contributed by atoms with Crippen LogP contribution in [0, 0.1) is 18.8 Å². The number of aromatic nitrogens is 1. The van der Waals surface area contributed by atoms with Crippen molar-refractivity contribution in [1.29, 1.82) is 0 Å². The van der Waals surface area contributed by atoms with E-state index >= 15 is 0 Å². The normalized spacial score (nSPS) is 22.5. The molecule has 0 aliphatic heterocycles. The lowest BCUT2D eigenvalue weighted by Crippen LogP contribution is -2.09. The molecule has 2 nitrogen and oxygen atoms in total. The van der Waals surface area contributed by atoms with E-state index in [-0.39, 0.29) is 0 Å². The lowest BCUT2D eigenvalue weighted by Gasteiger charge is -2.15. The molecule has 2 aliphatic carbocycles. The maximum Gasteiger partial charge on any atom is 0.416 e. The average molecular weight is 410 g/mol. The van der Waals surface area contributed by atoms with Crippen LogP contribution in [-0.4, -0.2) is 11.0 Å². The molecule has 0 saturated heterocycles. The molecule has 2 aromatic rings. The molecule has 0 radical (unpaired) electrons. The highest BCUT2D eigenvalue weighted by atomic mass is 19.4. The summed E-state index contributed by atoms with van der Waals surface area (Å²) in [7, 11) is 0. The molecule has 1 heterocycles. The Bertz CT molecular complexity index is 1110. The van der Waals surface area contributed by atoms with Crippen LogP contribution in [0.1, 0.15) is 42.5 Å². The third kappa shape index (κ3) is 4.66. The quantitative estimate of drug-likeness (QED) is 0.441. The fourth-order valence-electron chi connectivity index (χ4n) is 3.54. The van der Waals surface area contributed by atoms with E-state index in [1.807, 2.05) is 38.3 Å². The number of nitrogens with zero attached hydrogens (tertiary/aromatic N) is 1. The molecule has 1 aromatic heterocycles.